The van der Waals surface area contributed by atoms with Gasteiger partial charge in [0.05, 0.1) is 12.7 Å². The monoisotopic (exact) mass is 254 g/mol. The van der Waals surface area contributed by atoms with Crippen LogP contribution in [0, 0.1) is 24.2 Å². The first-order valence-corrected chi connectivity index (χ1v) is 6.95. The summed E-state index contributed by atoms with van der Waals surface area (Å²) in [6.45, 7) is 2.23. The van der Waals surface area contributed by atoms with Crippen molar-refractivity contribution in [3.63, 3.8) is 0 Å². The topological polar surface area (TPSA) is 9.23 Å². The van der Waals surface area contributed by atoms with E-state index in [1.54, 1.807) is 7.11 Å². The molecular formula is C18H22O. The molecule has 0 N–H and O–H groups in total. The van der Waals surface area contributed by atoms with Gasteiger partial charge in [-0.3, -0.25) is 0 Å². The minimum Gasteiger partial charge on any atom is -0.495 e. The molecule has 0 aromatic heterocycles. The molecule has 0 aliphatic carbocycles. The zero-order chi connectivity index (χ0) is 13.9. The highest BCUT2D eigenvalue weighted by Crippen LogP contribution is 2.18. The third kappa shape index (κ3) is 5.54. The van der Waals surface area contributed by atoms with Gasteiger partial charge in [-0.15, -0.1) is 6.42 Å². The van der Waals surface area contributed by atoms with Crippen LogP contribution in [0.25, 0.3) is 0 Å². The summed E-state index contributed by atoms with van der Waals surface area (Å²) in [5.41, 5.74) is 1.73. The average Bonchev–Trinajstić information content (AvgIpc) is 2.46. The highest BCUT2D eigenvalue weighted by atomic mass is 16.5. The standard InChI is InChI=1S/C18H22O/c1-4-6-7-8-9-10-11-12-16-13-14-17(5-2)18(15-16)19-3/h2,13-15H,4,6-10H2,1,3H3. The Morgan fingerprint density at radius 1 is 1.16 bits per heavy atom. The van der Waals surface area contributed by atoms with E-state index in [0.717, 1.165) is 23.3 Å². The fourth-order valence-electron chi connectivity index (χ4n) is 1.87. The predicted molar refractivity (Wildman–Crippen MR) is 81.2 cm³/mol. The summed E-state index contributed by atoms with van der Waals surface area (Å²) in [5.74, 6) is 9.69. The number of unbranched alkanes of at least 4 members (excludes halogenated alkanes) is 5. The van der Waals surface area contributed by atoms with E-state index >= 15 is 0 Å². The third-order valence-electron chi connectivity index (χ3n) is 3.00. The van der Waals surface area contributed by atoms with Gasteiger partial charge >= 0.3 is 0 Å². The van der Waals surface area contributed by atoms with Crippen LogP contribution in [0.5, 0.6) is 5.75 Å². The van der Waals surface area contributed by atoms with Gasteiger partial charge in [0.1, 0.15) is 5.75 Å². The molecule has 1 nitrogen and oxygen atoms in total. The fraction of sp³-hybridized carbons (Fsp3) is 0.444. The molecule has 0 atom stereocenters. The van der Waals surface area contributed by atoms with Gasteiger partial charge in [-0.25, -0.2) is 0 Å². The molecule has 1 aromatic rings. The van der Waals surface area contributed by atoms with E-state index in [9.17, 15) is 0 Å². The van der Waals surface area contributed by atoms with E-state index in [1.807, 2.05) is 18.2 Å². The Balaban J connectivity index is 2.47. The molecule has 100 valence electrons. The van der Waals surface area contributed by atoms with Crippen LogP contribution in [0.3, 0.4) is 0 Å². The molecule has 0 heterocycles. The second-order valence-electron chi connectivity index (χ2n) is 4.53. The lowest BCUT2D eigenvalue weighted by molar-refractivity contribution is 0.413. The number of hydrogen-bond donors (Lipinski definition) is 0. The number of hydrogen-bond acceptors (Lipinski definition) is 1. The fourth-order valence-corrected chi connectivity index (χ4v) is 1.87. The van der Waals surface area contributed by atoms with Gasteiger partial charge in [-0.05, 0) is 24.6 Å². The van der Waals surface area contributed by atoms with Crippen molar-refractivity contribution >= 4 is 0 Å². The molecule has 0 radical (unpaired) electrons. The lowest BCUT2D eigenvalue weighted by Crippen LogP contribution is -1.88. The molecule has 0 unspecified atom stereocenters. The molecule has 0 spiro atoms. The average molecular weight is 254 g/mol. The zero-order valence-electron chi connectivity index (χ0n) is 12.0. The Hall–Kier alpha value is -1.86. The van der Waals surface area contributed by atoms with E-state index in [1.165, 1.54) is 32.1 Å². The maximum Gasteiger partial charge on any atom is 0.135 e. The summed E-state index contributed by atoms with van der Waals surface area (Å²) in [7, 11) is 1.63. The lowest BCUT2D eigenvalue weighted by Gasteiger charge is -2.03. The van der Waals surface area contributed by atoms with E-state index < -0.39 is 0 Å². The van der Waals surface area contributed by atoms with Crippen LogP contribution in [0.4, 0.5) is 0 Å². The van der Waals surface area contributed by atoms with Crippen LogP contribution in [0.2, 0.25) is 0 Å². The summed E-state index contributed by atoms with van der Waals surface area (Å²) in [4.78, 5) is 0. The van der Waals surface area contributed by atoms with Crippen LogP contribution >= 0.6 is 0 Å². The van der Waals surface area contributed by atoms with Gasteiger partial charge in [0.25, 0.3) is 0 Å². The van der Waals surface area contributed by atoms with Crippen molar-refractivity contribution in [2.24, 2.45) is 0 Å². The Morgan fingerprint density at radius 2 is 1.95 bits per heavy atom. The van der Waals surface area contributed by atoms with Gasteiger partial charge in [0.2, 0.25) is 0 Å². The molecule has 0 fully saturated rings. The van der Waals surface area contributed by atoms with E-state index in [-0.39, 0.29) is 0 Å². The summed E-state index contributed by atoms with van der Waals surface area (Å²) in [6.07, 6.45) is 12.8. The Bertz CT molecular complexity index is 483. The van der Waals surface area contributed by atoms with E-state index in [0.29, 0.717) is 0 Å². The first-order valence-electron chi connectivity index (χ1n) is 6.95. The van der Waals surface area contributed by atoms with Crippen LogP contribution in [-0.2, 0) is 0 Å². The van der Waals surface area contributed by atoms with Crippen LogP contribution in [0.15, 0.2) is 18.2 Å². The molecule has 1 rings (SSSR count). The third-order valence-corrected chi connectivity index (χ3v) is 3.00. The van der Waals surface area contributed by atoms with Crippen molar-refractivity contribution in [2.75, 3.05) is 7.11 Å². The van der Waals surface area contributed by atoms with Crippen molar-refractivity contribution in [3.05, 3.63) is 29.3 Å². The van der Waals surface area contributed by atoms with Crippen LogP contribution in [0.1, 0.15) is 56.6 Å². The van der Waals surface area contributed by atoms with Crippen molar-refractivity contribution < 1.29 is 4.74 Å². The highest BCUT2D eigenvalue weighted by Gasteiger charge is 1.99. The maximum atomic E-state index is 5.39. The maximum absolute atomic E-state index is 5.39. The molecule has 0 saturated carbocycles. The largest absolute Gasteiger partial charge is 0.495 e. The van der Waals surface area contributed by atoms with Gasteiger partial charge < -0.3 is 4.74 Å². The summed E-state index contributed by atoms with van der Waals surface area (Å²) >= 11 is 0. The van der Waals surface area contributed by atoms with Gasteiger partial charge in [-0.1, -0.05) is 50.4 Å². The molecular weight excluding hydrogens is 232 g/mol. The number of benzene rings is 1. The smallest absolute Gasteiger partial charge is 0.135 e. The van der Waals surface area contributed by atoms with Crippen molar-refractivity contribution in [3.8, 4) is 29.9 Å². The summed E-state index contributed by atoms with van der Waals surface area (Å²) in [5, 5.41) is 0. The molecule has 1 aromatic carbocycles. The SMILES string of the molecule is C#Cc1ccc(C#CCCCCCCC)cc1OC. The molecule has 1 heteroatoms. The Morgan fingerprint density at radius 3 is 2.63 bits per heavy atom. The molecule has 0 bridgehead atoms. The van der Waals surface area contributed by atoms with Crippen molar-refractivity contribution in [1.29, 1.82) is 0 Å². The molecule has 0 saturated heterocycles. The second kappa shape index (κ2) is 9.12. The van der Waals surface area contributed by atoms with E-state index in [4.69, 9.17) is 11.2 Å². The second-order valence-corrected chi connectivity index (χ2v) is 4.53. The first kappa shape index (κ1) is 15.2. The Labute approximate surface area is 117 Å². The zero-order valence-corrected chi connectivity index (χ0v) is 12.0. The lowest BCUT2D eigenvalue weighted by atomic mass is 10.1. The van der Waals surface area contributed by atoms with Gasteiger partial charge in [0.15, 0.2) is 0 Å². The van der Waals surface area contributed by atoms with Crippen molar-refractivity contribution in [2.45, 2.75) is 45.4 Å². The highest BCUT2D eigenvalue weighted by molar-refractivity contribution is 5.50. The normalized spacial score (nSPS) is 9.32. The van der Waals surface area contributed by atoms with Gasteiger partial charge in [-0.2, -0.15) is 0 Å². The number of terminal acetylenes is 1. The predicted octanol–water partition coefficient (Wildman–Crippen LogP) is 4.39. The molecule has 19 heavy (non-hydrogen) atoms. The minimum absolute atomic E-state index is 0.720. The molecule has 0 aliphatic heterocycles. The molecule has 0 aliphatic rings. The first-order chi connectivity index (χ1) is 9.31. The van der Waals surface area contributed by atoms with E-state index in [2.05, 4.69) is 24.7 Å². The van der Waals surface area contributed by atoms with Crippen molar-refractivity contribution in [1.82, 2.24) is 0 Å². The summed E-state index contributed by atoms with van der Waals surface area (Å²) < 4.78 is 5.24. The number of ether oxygens (including phenoxy) is 1. The number of methoxy groups -OCH3 is 1. The Kier molecular flexibility index (Phi) is 7.30. The number of rotatable bonds is 6. The van der Waals surface area contributed by atoms with Gasteiger partial charge in [0, 0.05) is 12.0 Å². The summed E-state index contributed by atoms with van der Waals surface area (Å²) in [6, 6.07) is 5.73. The van der Waals surface area contributed by atoms with Crippen LogP contribution < -0.4 is 4.74 Å². The quantitative estimate of drug-likeness (QED) is 0.540. The van der Waals surface area contributed by atoms with Crippen LogP contribution in [-0.4, -0.2) is 7.11 Å². The minimum atomic E-state index is 0.720. The molecule has 0 amide bonds.